The van der Waals surface area contributed by atoms with Gasteiger partial charge >= 0.3 is 0 Å². The van der Waals surface area contributed by atoms with Crippen LogP contribution in [0.25, 0.3) is 16.6 Å². The van der Waals surface area contributed by atoms with E-state index < -0.39 is 0 Å². The standard InChI is InChI=1S/C35H40N8O3/c1-44-33-6-3-25(16-38-33)19-42-28-13-29(42)21-41(20-28)32-5-4-26(17-37-32)31-14-30(22-43-34(31)27(15-36)18-39-43)46-12-10-40-9-8-35(23-40)7-2-11-45-24-35/h3-6,14,16-18,22,28-29H,2,7-13,19-21,23-24H2,1H3. The first-order valence-corrected chi connectivity index (χ1v) is 16.4. The van der Waals surface area contributed by atoms with Crippen LogP contribution >= 0.6 is 0 Å². The molecule has 0 radical (unpaired) electrons. The van der Waals surface area contributed by atoms with Crippen LogP contribution in [0.3, 0.4) is 0 Å². The zero-order chi connectivity index (χ0) is 31.1. The number of hydrogen-bond acceptors (Lipinski definition) is 10. The molecule has 11 nitrogen and oxygen atoms in total. The van der Waals surface area contributed by atoms with Gasteiger partial charge in [0.05, 0.1) is 37.2 Å². The fourth-order valence-corrected chi connectivity index (χ4v) is 7.92. The summed E-state index contributed by atoms with van der Waals surface area (Å²) in [5, 5.41) is 14.3. The maximum absolute atomic E-state index is 9.83. The second kappa shape index (κ2) is 12.2. The Morgan fingerprint density at radius 3 is 2.74 bits per heavy atom. The van der Waals surface area contributed by atoms with Crippen molar-refractivity contribution >= 4 is 11.3 Å². The van der Waals surface area contributed by atoms with E-state index in [0.717, 1.165) is 80.7 Å². The predicted octanol–water partition coefficient (Wildman–Crippen LogP) is 4.02. The van der Waals surface area contributed by atoms with E-state index >= 15 is 0 Å². The van der Waals surface area contributed by atoms with Gasteiger partial charge in [0.25, 0.3) is 0 Å². The third-order valence-electron chi connectivity index (χ3n) is 10.4. The predicted molar refractivity (Wildman–Crippen MR) is 173 cm³/mol. The molecule has 5 aliphatic heterocycles. The van der Waals surface area contributed by atoms with Crippen molar-refractivity contribution in [1.29, 1.82) is 5.26 Å². The van der Waals surface area contributed by atoms with E-state index in [0.29, 0.717) is 35.5 Å². The Labute approximate surface area is 269 Å². The molecule has 2 bridgehead atoms. The van der Waals surface area contributed by atoms with E-state index in [-0.39, 0.29) is 0 Å². The zero-order valence-corrected chi connectivity index (χ0v) is 26.3. The second-order valence-electron chi connectivity index (χ2n) is 13.3. The Kier molecular flexibility index (Phi) is 7.72. The molecule has 5 fully saturated rings. The van der Waals surface area contributed by atoms with Crippen molar-refractivity contribution in [2.24, 2.45) is 5.41 Å². The Morgan fingerprint density at radius 1 is 1.09 bits per heavy atom. The van der Waals surface area contributed by atoms with Crippen LogP contribution in [0.4, 0.5) is 5.82 Å². The van der Waals surface area contributed by atoms with E-state index in [1.165, 1.54) is 31.2 Å². The van der Waals surface area contributed by atoms with Crippen LogP contribution in [0.2, 0.25) is 0 Å². The number of rotatable bonds is 9. The molecule has 46 heavy (non-hydrogen) atoms. The number of methoxy groups -OCH3 is 1. The van der Waals surface area contributed by atoms with Crippen molar-refractivity contribution in [3.8, 4) is 28.8 Å². The lowest BCUT2D eigenvalue weighted by molar-refractivity contribution is -0.00876. The van der Waals surface area contributed by atoms with Gasteiger partial charge in [0.15, 0.2) is 0 Å². The maximum atomic E-state index is 9.83. The fourth-order valence-electron chi connectivity index (χ4n) is 7.92. The highest BCUT2D eigenvalue weighted by molar-refractivity contribution is 5.85. The van der Waals surface area contributed by atoms with Gasteiger partial charge in [-0.1, -0.05) is 6.07 Å². The summed E-state index contributed by atoms with van der Waals surface area (Å²) in [4.78, 5) is 16.7. The van der Waals surface area contributed by atoms with Gasteiger partial charge in [-0.2, -0.15) is 10.4 Å². The lowest BCUT2D eigenvalue weighted by Gasteiger charge is -2.56. The van der Waals surface area contributed by atoms with E-state index in [1.54, 1.807) is 17.8 Å². The molecule has 4 aromatic rings. The molecule has 5 saturated heterocycles. The van der Waals surface area contributed by atoms with Gasteiger partial charge in [-0.15, -0.1) is 0 Å². The van der Waals surface area contributed by atoms with Gasteiger partial charge in [0.2, 0.25) is 5.88 Å². The van der Waals surface area contributed by atoms with Crippen molar-refractivity contribution in [2.45, 2.75) is 44.3 Å². The number of fused-ring (bicyclic) bond motifs is 3. The van der Waals surface area contributed by atoms with Crippen LogP contribution in [0.5, 0.6) is 11.6 Å². The number of aromatic nitrogens is 4. The Morgan fingerprint density at radius 2 is 2.00 bits per heavy atom. The maximum Gasteiger partial charge on any atom is 0.212 e. The molecular weight excluding hydrogens is 580 g/mol. The molecule has 3 unspecified atom stereocenters. The molecule has 5 aliphatic rings. The number of piperidine rings is 1. The van der Waals surface area contributed by atoms with Crippen LogP contribution in [0, 0.1) is 16.7 Å². The summed E-state index contributed by atoms with van der Waals surface area (Å²) in [6.45, 7) is 8.24. The molecule has 1 spiro atoms. The molecule has 3 atom stereocenters. The van der Waals surface area contributed by atoms with E-state index in [4.69, 9.17) is 19.2 Å². The third-order valence-corrected chi connectivity index (χ3v) is 10.4. The number of hydrogen-bond donors (Lipinski definition) is 0. The largest absolute Gasteiger partial charge is 0.491 e. The summed E-state index contributed by atoms with van der Waals surface area (Å²) in [6, 6.07) is 13.6. The molecule has 4 aromatic heterocycles. The minimum absolute atomic E-state index is 0.329. The van der Waals surface area contributed by atoms with Gasteiger partial charge in [-0.25, -0.2) is 14.5 Å². The fraction of sp³-hybridized carbons (Fsp3) is 0.486. The van der Waals surface area contributed by atoms with Crippen molar-refractivity contribution in [2.75, 3.05) is 64.6 Å². The molecule has 11 heteroatoms. The number of nitriles is 1. The molecule has 238 valence electrons. The summed E-state index contributed by atoms with van der Waals surface area (Å²) < 4.78 is 19.1. The summed E-state index contributed by atoms with van der Waals surface area (Å²) >= 11 is 0. The van der Waals surface area contributed by atoms with E-state index in [1.807, 2.05) is 30.7 Å². The van der Waals surface area contributed by atoms with Crippen LogP contribution in [-0.2, 0) is 11.3 Å². The van der Waals surface area contributed by atoms with Crippen molar-refractivity contribution in [3.63, 3.8) is 0 Å². The van der Waals surface area contributed by atoms with Crippen LogP contribution in [0.15, 0.2) is 55.1 Å². The van der Waals surface area contributed by atoms with Gasteiger partial charge in [0, 0.05) is 86.4 Å². The smallest absolute Gasteiger partial charge is 0.212 e. The van der Waals surface area contributed by atoms with Crippen molar-refractivity contribution in [1.82, 2.24) is 29.4 Å². The molecule has 9 rings (SSSR count). The van der Waals surface area contributed by atoms with Crippen molar-refractivity contribution in [3.05, 3.63) is 66.2 Å². The zero-order valence-electron chi connectivity index (χ0n) is 26.3. The number of likely N-dealkylation sites (tertiary alicyclic amines) is 1. The molecule has 0 aliphatic carbocycles. The molecule has 0 saturated carbocycles. The average Bonchev–Trinajstić information content (AvgIpc) is 3.71. The Balaban J connectivity index is 0.937. The highest BCUT2D eigenvalue weighted by atomic mass is 16.5. The first-order valence-electron chi connectivity index (χ1n) is 16.4. The highest BCUT2D eigenvalue weighted by Crippen LogP contribution is 2.39. The van der Waals surface area contributed by atoms with Crippen LogP contribution in [-0.4, -0.2) is 101 Å². The average molecular weight is 621 g/mol. The number of piperazine rings is 1. The molecule has 0 amide bonds. The molecular formula is C35H40N8O3. The van der Waals surface area contributed by atoms with Gasteiger partial charge in [-0.05, 0) is 56.0 Å². The summed E-state index contributed by atoms with van der Waals surface area (Å²) in [5.41, 5.74) is 4.67. The summed E-state index contributed by atoms with van der Waals surface area (Å²) in [5.74, 6) is 2.36. The normalized spacial score (nSPS) is 24.7. The second-order valence-corrected chi connectivity index (χ2v) is 13.3. The third kappa shape index (κ3) is 5.55. The van der Waals surface area contributed by atoms with Gasteiger partial charge < -0.3 is 19.1 Å². The lowest BCUT2D eigenvalue weighted by Crippen LogP contribution is -2.68. The Hall–Kier alpha value is -4.24. The highest BCUT2D eigenvalue weighted by Gasteiger charge is 2.44. The van der Waals surface area contributed by atoms with Crippen LogP contribution < -0.4 is 14.4 Å². The first kappa shape index (κ1) is 29.2. The first-order chi connectivity index (χ1) is 22.6. The summed E-state index contributed by atoms with van der Waals surface area (Å²) in [6.07, 6.45) is 12.2. The van der Waals surface area contributed by atoms with Gasteiger partial charge in [0.1, 0.15) is 24.2 Å². The number of ether oxygens (including phenoxy) is 3. The van der Waals surface area contributed by atoms with Gasteiger partial charge in [-0.3, -0.25) is 9.80 Å². The Bertz CT molecular complexity index is 1720. The minimum Gasteiger partial charge on any atom is -0.491 e. The number of anilines is 1. The summed E-state index contributed by atoms with van der Waals surface area (Å²) in [7, 11) is 1.64. The lowest BCUT2D eigenvalue weighted by atomic mass is 9.82. The van der Waals surface area contributed by atoms with E-state index in [9.17, 15) is 5.26 Å². The number of pyridine rings is 3. The monoisotopic (exact) mass is 620 g/mol. The molecule has 0 N–H and O–H groups in total. The quantitative estimate of drug-likeness (QED) is 0.273. The number of nitrogens with zero attached hydrogens (tertiary/aromatic N) is 8. The topological polar surface area (TPSA) is 104 Å². The van der Waals surface area contributed by atoms with Crippen molar-refractivity contribution < 1.29 is 14.2 Å². The molecule has 0 aromatic carbocycles. The minimum atomic E-state index is 0.329. The van der Waals surface area contributed by atoms with Crippen LogP contribution in [0.1, 0.15) is 36.8 Å². The molecule has 9 heterocycles. The van der Waals surface area contributed by atoms with E-state index in [2.05, 4.69) is 49.1 Å². The SMILES string of the molecule is COc1ccc(CN2C3CC2CN(c2ccc(-c4cc(OCCN5CCC6(CCCOC6)C5)cn5ncc(C#N)c45)cn2)C3)cn1.